The summed E-state index contributed by atoms with van der Waals surface area (Å²) in [5, 5.41) is 2.47. The minimum Gasteiger partial charge on any atom is -0.497 e. The number of anilines is 1. The van der Waals surface area contributed by atoms with E-state index in [0.717, 1.165) is 34.2 Å². The predicted molar refractivity (Wildman–Crippen MR) is 122 cm³/mol. The van der Waals surface area contributed by atoms with Gasteiger partial charge in [-0.1, -0.05) is 48.5 Å². The summed E-state index contributed by atoms with van der Waals surface area (Å²) in [6, 6.07) is 20.8. The predicted octanol–water partition coefficient (Wildman–Crippen LogP) is 6.79. The molecule has 0 saturated heterocycles. The molecule has 7 heteroatoms. The molecule has 1 heterocycles. The molecule has 1 atom stereocenters. The average molecular weight is 455 g/mol. The first-order valence-electron chi connectivity index (χ1n) is 9.95. The van der Waals surface area contributed by atoms with E-state index in [0.29, 0.717) is 17.1 Å². The van der Waals surface area contributed by atoms with Crippen LogP contribution in [0.3, 0.4) is 0 Å². The summed E-state index contributed by atoms with van der Waals surface area (Å²) in [5.41, 5.74) is 9.50. The Labute approximate surface area is 188 Å². The maximum Gasteiger partial charge on any atom is 0.416 e. The van der Waals surface area contributed by atoms with Crippen molar-refractivity contribution in [3.05, 3.63) is 101 Å². The summed E-state index contributed by atoms with van der Waals surface area (Å²) < 4.78 is 44.4. The lowest BCUT2D eigenvalue weighted by Crippen LogP contribution is -2.06. The fourth-order valence-electron chi connectivity index (χ4n) is 3.63. The molecule has 0 amide bonds. The summed E-state index contributed by atoms with van der Waals surface area (Å²) in [4.78, 5) is 4.48. The third-order valence-corrected chi connectivity index (χ3v) is 6.02. The number of benzene rings is 3. The fraction of sp³-hybridized carbons (Fsp3) is 0.160. The van der Waals surface area contributed by atoms with Crippen molar-refractivity contribution < 1.29 is 17.9 Å². The smallest absolute Gasteiger partial charge is 0.416 e. The van der Waals surface area contributed by atoms with Gasteiger partial charge >= 0.3 is 6.18 Å². The van der Waals surface area contributed by atoms with E-state index in [9.17, 15) is 13.2 Å². The van der Waals surface area contributed by atoms with Gasteiger partial charge in [0.1, 0.15) is 5.75 Å². The molecule has 4 rings (SSSR count). The van der Waals surface area contributed by atoms with Crippen molar-refractivity contribution in [2.24, 2.45) is 0 Å². The number of alkyl halides is 3. The molecular weight excluding hydrogens is 433 g/mol. The number of methoxy groups -OCH3 is 1. The van der Waals surface area contributed by atoms with Crippen LogP contribution in [0.5, 0.6) is 5.75 Å². The number of nitrogen functional groups attached to an aromatic ring is 1. The van der Waals surface area contributed by atoms with E-state index in [2.05, 4.69) is 4.98 Å². The zero-order valence-corrected chi connectivity index (χ0v) is 18.1. The summed E-state index contributed by atoms with van der Waals surface area (Å²) in [6.07, 6.45) is -3.69. The van der Waals surface area contributed by atoms with E-state index in [-0.39, 0.29) is 5.92 Å². The Balaban J connectivity index is 1.60. The van der Waals surface area contributed by atoms with Gasteiger partial charge in [-0.05, 0) is 52.9 Å². The van der Waals surface area contributed by atoms with Crippen LogP contribution in [0.2, 0.25) is 0 Å². The standard InChI is InChI=1S/C25H21F3N2OS/c1-31-21-11-9-18(10-12-21)22(23-15-32-24(29)30-23)13-16-5-7-17(8-6-16)19-3-2-4-20(14-19)25(26,27)28/h2-12,14-15,22H,13H2,1H3,(H2,29,30)/t22-/m0/s1. The maximum atomic E-state index is 13.0. The molecule has 0 saturated carbocycles. The van der Waals surface area contributed by atoms with Crippen LogP contribution in [-0.4, -0.2) is 12.1 Å². The molecule has 32 heavy (non-hydrogen) atoms. The molecule has 2 N–H and O–H groups in total. The molecule has 0 aliphatic heterocycles. The highest BCUT2D eigenvalue weighted by atomic mass is 32.1. The van der Waals surface area contributed by atoms with Crippen molar-refractivity contribution in [3.8, 4) is 16.9 Å². The van der Waals surface area contributed by atoms with Crippen LogP contribution in [0.1, 0.15) is 28.3 Å². The third kappa shape index (κ3) is 4.94. The first kappa shape index (κ1) is 21.9. The zero-order chi connectivity index (χ0) is 22.7. The Bertz CT molecular complexity index is 1190. The fourth-order valence-corrected chi connectivity index (χ4v) is 4.25. The molecule has 0 aliphatic rings. The van der Waals surface area contributed by atoms with Gasteiger partial charge in [0, 0.05) is 11.3 Å². The minimum absolute atomic E-state index is 0.00568. The van der Waals surface area contributed by atoms with E-state index in [1.54, 1.807) is 13.2 Å². The van der Waals surface area contributed by atoms with Crippen molar-refractivity contribution in [3.63, 3.8) is 0 Å². The van der Waals surface area contributed by atoms with Gasteiger partial charge in [0.15, 0.2) is 5.13 Å². The van der Waals surface area contributed by atoms with E-state index in [1.807, 2.05) is 53.9 Å². The Morgan fingerprint density at radius 3 is 2.28 bits per heavy atom. The molecule has 3 aromatic carbocycles. The van der Waals surface area contributed by atoms with Gasteiger partial charge < -0.3 is 10.5 Å². The lowest BCUT2D eigenvalue weighted by Gasteiger charge is -2.17. The zero-order valence-electron chi connectivity index (χ0n) is 17.3. The van der Waals surface area contributed by atoms with Crippen LogP contribution in [0.4, 0.5) is 18.3 Å². The van der Waals surface area contributed by atoms with Crippen LogP contribution < -0.4 is 10.5 Å². The topological polar surface area (TPSA) is 48.1 Å². The summed E-state index contributed by atoms with van der Waals surface area (Å²) in [6.45, 7) is 0. The van der Waals surface area contributed by atoms with Crippen LogP contribution in [0, 0.1) is 0 Å². The molecule has 3 nitrogen and oxygen atoms in total. The van der Waals surface area contributed by atoms with Gasteiger partial charge in [0.2, 0.25) is 0 Å². The maximum absolute atomic E-state index is 13.0. The molecule has 0 unspecified atom stereocenters. The van der Waals surface area contributed by atoms with Crippen LogP contribution in [-0.2, 0) is 12.6 Å². The number of nitrogens with two attached hydrogens (primary N) is 1. The Kier molecular flexibility index (Phi) is 6.19. The van der Waals surface area contributed by atoms with Gasteiger partial charge in [0.05, 0.1) is 18.4 Å². The minimum atomic E-state index is -4.36. The number of halogens is 3. The SMILES string of the molecule is COc1ccc([C@H](Cc2ccc(-c3cccc(C(F)(F)F)c3)cc2)c2csc(N)n2)cc1. The van der Waals surface area contributed by atoms with Crippen molar-refractivity contribution in [1.82, 2.24) is 4.98 Å². The molecule has 4 aromatic rings. The molecule has 1 aromatic heterocycles. The molecule has 0 bridgehead atoms. The number of thiazole rings is 1. The number of aromatic nitrogens is 1. The third-order valence-electron chi connectivity index (χ3n) is 5.33. The van der Waals surface area contributed by atoms with Crippen molar-refractivity contribution in [1.29, 1.82) is 0 Å². The quantitative estimate of drug-likeness (QED) is 0.349. The van der Waals surface area contributed by atoms with E-state index >= 15 is 0 Å². The van der Waals surface area contributed by atoms with Crippen molar-refractivity contribution in [2.45, 2.75) is 18.5 Å². The average Bonchev–Trinajstić information content (AvgIpc) is 3.23. The molecule has 0 aliphatic carbocycles. The molecule has 0 spiro atoms. The highest BCUT2D eigenvalue weighted by Crippen LogP contribution is 2.34. The van der Waals surface area contributed by atoms with Gasteiger partial charge in [-0.15, -0.1) is 11.3 Å². The normalized spacial score (nSPS) is 12.5. The Hall–Kier alpha value is -3.32. The van der Waals surface area contributed by atoms with E-state index in [4.69, 9.17) is 10.5 Å². The highest BCUT2D eigenvalue weighted by Gasteiger charge is 2.30. The summed E-state index contributed by atoms with van der Waals surface area (Å²) in [5.74, 6) is 0.768. The molecule has 0 radical (unpaired) electrons. The van der Waals surface area contributed by atoms with Crippen LogP contribution >= 0.6 is 11.3 Å². The van der Waals surface area contributed by atoms with Crippen molar-refractivity contribution >= 4 is 16.5 Å². The molecule has 0 fully saturated rings. The number of hydrogen-bond donors (Lipinski definition) is 1. The van der Waals surface area contributed by atoms with Crippen LogP contribution in [0.25, 0.3) is 11.1 Å². The second kappa shape index (κ2) is 9.04. The van der Waals surface area contributed by atoms with Gasteiger partial charge in [-0.2, -0.15) is 13.2 Å². The number of rotatable bonds is 6. The molecular formula is C25H21F3N2OS. The number of hydrogen-bond acceptors (Lipinski definition) is 4. The second-order valence-electron chi connectivity index (χ2n) is 7.42. The lowest BCUT2D eigenvalue weighted by molar-refractivity contribution is -0.137. The Morgan fingerprint density at radius 1 is 0.969 bits per heavy atom. The summed E-state index contributed by atoms with van der Waals surface area (Å²) >= 11 is 1.40. The largest absolute Gasteiger partial charge is 0.497 e. The van der Waals surface area contributed by atoms with Gasteiger partial charge in [-0.25, -0.2) is 4.98 Å². The van der Waals surface area contributed by atoms with Gasteiger partial charge in [0.25, 0.3) is 0 Å². The first-order chi connectivity index (χ1) is 15.3. The second-order valence-corrected chi connectivity index (χ2v) is 8.31. The number of nitrogens with zero attached hydrogens (tertiary/aromatic N) is 1. The lowest BCUT2D eigenvalue weighted by atomic mass is 9.89. The number of ether oxygens (including phenoxy) is 1. The first-order valence-corrected chi connectivity index (χ1v) is 10.8. The van der Waals surface area contributed by atoms with Crippen molar-refractivity contribution in [2.75, 3.05) is 12.8 Å². The van der Waals surface area contributed by atoms with E-state index < -0.39 is 11.7 Å². The van der Waals surface area contributed by atoms with Crippen LogP contribution in [0.15, 0.2) is 78.2 Å². The van der Waals surface area contributed by atoms with E-state index in [1.165, 1.54) is 23.5 Å². The monoisotopic (exact) mass is 454 g/mol. The highest BCUT2D eigenvalue weighted by molar-refractivity contribution is 7.13. The van der Waals surface area contributed by atoms with Gasteiger partial charge in [-0.3, -0.25) is 0 Å². The molecule has 164 valence electrons. The Morgan fingerprint density at radius 2 is 1.69 bits per heavy atom. The summed E-state index contributed by atoms with van der Waals surface area (Å²) in [7, 11) is 1.62.